The molecule has 2 aromatic heterocycles. The summed E-state index contributed by atoms with van der Waals surface area (Å²) in [5, 5.41) is 6.27. The SMILES string of the molecule is CC(Nc1cc(CNC(=O)C2C=CCN2S(=O)c2ccc(Cl)s2)cc(-c2ccc(C(F)(F)F)cc2)n1)c1ccccc1. The van der Waals surface area contributed by atoms with E-state index in [0.717, 1.165) is 17.7 Å². The summed E-state index contributed by atoms with van der Waals surface area (Å²) < 4.78 is 55.1. The average molecular weight is 631 g/mol. The molecule has 3 heterocycles. The van der Waals surface area contributed by atoms with Crippen LogP contribution in [0.5, 0.6) is 0 Å². The number of carbonyl (C=O) groups excluding carboxylic acids is 1. The van der Waals surface area contributed by atoms with Crippen LogP contribution in [0.1, 0.15) is 29.7 Å². The highest BCUT2D eigenvalue weighted by Crippen LogP contribution is 2.32. The van der Waals surface area contributed by atoms with Gasteiger partial charge in [-0.05, 0) is 54.4 Å². The first-order valence-electron chi connectivity index (χ1n) is 13.0. The van der Waals surface area contributed by atoms with E-state index < -0.39 is 28.8 Å². The number of alkyl halides is 3. The topological polar surface area (TPSA) is 74.3 Å². The first-order valence-corrected chi connectivity index (χ1v) is 15.3. The van der Waals surface area contributed by atoms with Crippen molar-refractivity contribution >= 4 is 45.6 Å². The number of nitrogens with zero attached hydrogens (tertiary/aromatic N) is 2. The van der Waals surface area contributed by atoms with Gasteiger partial charge in [-0.2, -0.15) is 17.5 Å². The molecular formula is C30H26ClF3N4O2S2. The number of rotatable bonds is 9. The number of carbonyl (C=O) groups is 1. The predicted molar refractivity (Wildman–Crippen MR) is 160 cm³/mol. The fraction of sp³-hybridized carbons (Fsp3) is 0.200. The van der Waals surface area contributed by atoms with Gasteiger partial charge < -0.3 is 10.6 Å². The molecule has 0 saturated heterocycles. The highest BCUT2D eigenvalue weighted by atomic mass is 35.5. The van der Waals surface area contributed by atoms with Crippen molar-refractivity contribution in [3.8, 4) is 11.3 Å². The Morgan fingerprint density at radius 1 is 1.12 bits per heavy atom. The van der Waals surface area contributed by atoms with Crippen molar-refractivity contribution in [3.05, 3.63) is 112 Å². The maximum absolute atomic E-state index is 13.2. The Balaban J connectivity index is 1.36. The minimum Gasteiger partial charge on any atom is -0.364 e. The normalized spacial score (nSPS) is 16.7. The van der Waals surface area contributed by atoms with Crippen LogP contribution < -0.4 is 10.6 Å². The van der Waals surface area contributed by atoms with Crippen LogP contribution in [0.2, 0.25) is 4.34 Å². The predicted octanol–water partition coefficient (Wildman–Crippen LogP) is 7.23. The first kappa shape index (κ1) is 30.0. The van der Waals surface area contributed by atoms with E-state index in [9.17, 15) is 22.2 Å². The van der Waals surface area contributed by atoms with Gasteiger partial charge in [-0.1, -0.05) is 66.2 Å². The maximum Gasteiger partial charge on any atom is 0.416 e. The summed E-state index contributed by atoms with van der Waals surface area (Å²) in [4.78, 5) is 17.9. The first-order chi connectivity index (χ1) is 20.1. The second-order valence-electron chi connectivity index (χ2n) is 9.60. The van der Waals surface area contributed by atoms with Crippen LogP contribution in [0.15, 0.2) is 95.2 Å². The molecule has 4 aromatic rings. The van der Waals surface area contributed by atoms with E-state index in [2.05, 4.69) is 15.6 Å². The van der Waals surface area contributed by atoms with E-state index in [1.165, 1.54) is 23.5 Å². The lowest BCUT2D eigenvalue weighted by atomic mass is 10.1. The Bertz CT molecular complexity index is 1610. The smallest absolute Gasteiger partial charge is 0.364 e. The van der Waals surface area contributed by atoms with Gasteiger partial charge in [0, 0.05) is 24.7 Å². The Morgan fingerprint density at radius 3 is 2.52 bits per heavy atom. The molecule has 12 heteroatoms. The molecule has 0 saturated carbocycles. The van der Waals surface area contributed by atoms with Crippen LogP contribution in [0, 0.1) is 0 Å². The number of hydrogen-bond donors (Lipinski definition) is 2. The summed E-state index contributed by atoms with van der Waals surface area (Å²) in [6, 6.07) is 20.6. The highest BCUT2D eigenvalue weighted by Gasteiger charge is 2.32. The minimum atomic E-state index is -4.45. The molecule has 6 nitrogen and oxygen atoms in total. The van der Waals surface area contributed by atoms with E-state index in [1.807, 2.05) is 37.3 Å². The molecule has 1 aliphatic rings. The minimum absolute atomic E-state index is 0.109. The second kappa shape index (κ2) is 12.8. The Morgan fingerprint density at radius 2 is 1.86 bits per heavy atom. The average Bonchev–Trinajstić information content (AvgIpc) is 3.65. The molecule has 5 rings (SSSR count). The number of nitrogens with one attached hydrogen (secondary N) is 2. The van der Waals surface area contributed by atoms with Crippen molar-refractivity contribution in [1.82, 2.24) is 14.6 Å². The molecule has 42 heavy (non-hydrogen) atoms. The van der Waals surface area contributed by atoms with E-state index >= 15 is 0 Å². The third kappa shape index (κ3) is 7.09. The number of halogens is 4. The summed E-state index contributed by atoms with van der Waals surface area (Å²) in [6.07, 6.45) is -0.950. The second-order valence-corrected chi connectivity index (χ2v) is 13.0. The highest BCUT2D eigenvalue weighted by molar-refractivity contribution is 7.85. The molecule has 0 spiro atoms. The zero-order chi connectivity index (χ0) is 29.9. The van der Waals surface area contributed by atoms with Crippen molar-refractivity contribution in [2.75, 3.05) is 11.9 Å². The van der Waals surface area contributed by atoms with Gasteiger partial charge in [-0.3, -0.25) is 4.79 Å². The van der Waals surface area contributed by atoms with Crippen molar-refractivity contribution in [2.45, 2.75) is 35.9 Å². The van der Waals surface area contributed by atoms with Gasteiger partial charge in [-0.25, -0.2) is 9.19 Å². The molecule has 3 atom stereocenters. The van der Waals surface area contributed by atoms with E-state index in [4.69, 9.17) is 11.6 Å². The van der Waals surface area contributed by atoms with Crippen LogP contribution in [0.3, 0.4) is 0 Å². The lowest BCUT2D eigenvalue weighted by Gasteiger charge is -2.22. The summed E-state index contributed by atoms with van der Waals surface area (Å²) in [6.45, 7) is 2.45. The van der Waals surface area contributed by atoms with Crippen molar-refractivity contribution < 1.29 is 22.2 Å². The maximum atomic E-state index is 13.2. The molecule has 218 valence electrons. The summed E-state index contributed by atoms with van der Waals surface area (Å²) >= 11 is 7.20. The monoisotopic (exact) mass is 630 g/mol. The number of anilines is 1. The molecule has 2 aromatic carbocycles. The Labute approximate surface area is 252 Å². The van der Waals surface area contributed by atoms with Crippen molar-refractivity contribution in [3.63, 3.8) is 0 Å². The molecule has 0 bridgehead atoms. The fourth-order valence-electron chi connectivity index (χ4n) is 4.48. The standard InChI is InChI=1S/C30H26ClF3N4O2S2/c1-19(21-6-3-2-4-7-21)36-27-17-20(16-24(37-27)22-9-11-23(12-10-22)30(32,33)34)18-35-29(39)25-8-5-15-38(25)42(40)28-14-13-26(31)41-28/h2-14,16-17,19,25H,15,18H2,1H3,(H,35,39)(H,36,37). The van der Waals surface area contributed by atoms with Gasteiger partial charge in [0.1, 0.15) is 27.1 Å². The third-order valence-electron chi connectivity index (χ3n) is 6.64. The largest absolute Gasteiger partial charge is 0.416 e. The lowest BCUT2D eigenvalue weighted by molar-refractivity contribution is -0.137. The molecule has 0 aliphatic carbocycles. The summed E-state index contributed by atoms with van der Waals surface area (Å²) in [5.41, 5.74) is 1.93. The molecule has 0 radical (unpaired) electrons. The number of aromatic nitrogens is 1. The van der Waals surface area contributed by atoms with Crippen LogP contribution >= 0.6 is 22.9 Å². The molecule has 1 amide bonds. The number of benzene rings is 2. The summed E-state index contributed by atoms with van der Waals surface area (Å²) in [7, 11) is -1.56. The number of hydrogen-bond acceptors (Lipinski definition) is 5. The third-order valence-corrected chi connectivity index (χ3v) is 9.63. The van der Waals surface area contributed by atoms with Gasteiger partial charge in [0.05, 0.1) is 15.6 Å². The van der Waals surface area contributed by atoms with Crippen LogP contribution in [0.25, 0.3) is 11.3 Å². The van der Waals surface area contributed by atoms with Crippen LogP contribution in [0.4, 0.5) is 19.0 Å². The molecule has 2 N–H and O–H groups in total. The van der Waals surface area contributed by atoms with Crippen LogP contribution in [-0.4, -0.2) is 32.0 Å². The van der Waals surface area contributed by atoms with Gasteiger partial charge >= 0.3 is 6.18 Å². The molecule has 1 aliphatic heterocycles. The zero-order valence-corrected chi connectivity index (χ0v) is 24.7. The van der Waals surface area contributed by atoms with Gasteiger partial charge in [0.2, 0.25) is 5.91 Å². The quantitative estimate of drug-likeness (QED) is 0.191. The zero-order valence-electron chi connectivity index (χ0n) is 22.3. The molecule has 3 unspecified atom stereocenters. The van der Waals surface area contributed by atoms with E-state index in [1.54, 1.807) is 40.7 Å². The lowest BCUT2D eigenvalue weighted by Crippen LogP contribution is -2.43. The fourth-order valence-corrected chi connectivity index (χ4v) is 7.25. The number of pyridine rings is 1. The van der Waals surface area contributed by atoms with E-state index in [0.29, 0.717) is 37.7 Å². The summed E-state index contributed by atoms with van der Waals surface area (Å²) in [5.74, 6) is 0.172. The van der Waals surface area contributed by atoms with Crippen LogP contribution in [-0.2, 0) is 28.5 Å². The number of amides is 1. The van der Waals surface area contributed by atoms with Gasteiger partial charge in [-0.15, -0.1) is 11.3 Å². The molecular weight excluding hydrogens is 605 g/mol. The van der Waals surface area contributed by atoms with Crippen molar-refractivity contribution in [2.24, 2.45) is 0 Å². The van der Waals surface area contributed by atoms with Crippen molar-refractivity contribution in [1.29, 1.82) is 0 Å². The Kier molecular flexibility index (Phi) is 9.12. The number of thiophene rings is 1. The molecule has 0 fully saturated rings. The van der Waals surface area contributed by atoms with E-state index in [-0.39, 0.29) is 18.5 Å². The van der Waals surface area contributed by atoms with Gasteiger partial charge in [0.25, 0.3) is 0 Å². The Hall–Kier alpha value is -3.51. The van der Waals surface area contributed by atoms with Gasteiger partial charge in [0.15, 0.2) is 0 Å².